The summed E-state index contributed by atoms with van der Waals surface area (Å²) in [5.41, 5.74) is 2.29. The van der Waals surface area contributed by atoms with Gasteiger partial charge in [-0.05, 0) is 74.2 Å². The van der Waals surface area contributed by atoms with Gasteiger partial charge in [0.05, 0.1) is 5.60 Å². The van der Waals surface area contributed by atoms with E-state index in [-0.39, 0.29) is 5.41 Å². The molecule has 3 heteroatoms. The molecule has 22 heavy (non-hydrogen) atoms. The average Bonchev–Trinajstić information content (AvgIpc) is 2.42. The molecule has 1 aromatic carbocycles. The van der Waals surface area contributed by atoms with E-state index in [0.717, 1.165) is 32.4 Å². The van der Waals surface area contributed by atoms with Crippen LogP contribution < -0.4 is 0 Å². The third-order valence-corrected chi connectivity index (χ3v) is 6.12. The number of aliphatic hydroxyl groups is 1. The summed E-state index contributed by atoms with van der Waals surface area (Å²) in [6, 6.07) is 6.43. The van der Waals surface area contributed by atoms with E-state index in [2.05, 4.69) is 24.8 Å². The first kappa shape index (κ1) is 15.8. The second kappa shape index (κ2) is 5.24. The summed E-state index contributed by atoms with van der Waals surface area (Å²) in [6.07, 6.45) is 2.99. The van der Waals surface area contributed by atoms with E-state index in [1.54, 1.807) is 0 Å². The number of phenolic OH excluding ortho intramolecular Hbond substituents is 1. The predicted molar refractivity (Wildman–Crippen MR) is 89.2 cm³/mol. The zero-order valence-electron chi connectivity index (χ0n) is 14.3. The Morgan fingerprint density at radius 3 is 2.77 bits per heavy atom. The van der Waals surface area contributed by atoms with Gasteiger partial charge in [-0.25, -0.2) is 0 Å². The van der Waals surface area contributed by atoms with Gasteiger partial charge < -0.3 is 10.2 Å². The predicted octanol–water partition coefficient (Wildman–Crippen LogP) is 3.08. The summed E-state index contributed by atoms with van der Waals surface area (Å²) in [7, 11) is 0. The van der Waals surface area contributed by atoms with Crippen molar-refractivity contribution < 1.29 is 10.2 Å². The zero-order valence-corrected chi connectivity index (χ0v) is 14.3. The molecule has 1 aromatic rings. The lowest BCUT2D eigenvalue weighted by molar-refractivity contribution is 0.00414. The van der Waals surface area contributed by atoms with Gasteiger partial charge in [0.25, 0.3) is 0 Å². The van der Waals surface area contributed by atoms with Crippen LogP contribution in [0.5, 0.6) is 5.75 Å². The van der Waals surface area contributed by atoms with Crippen LogP contribution in [0.25, 0.3) is 0 Å². The highest BCUT2D eigenvalue weighted by molar-refractivity contribution is 5.44. The van der Waals surface area contributed by atoms with Crippen LogP contribution >= 0.6 is 0 Å². The first-order chi connectivity index (χ1) is 10.2. The molecule has 0 radical (unpaired) electrons. The topological polar surface area (TPSA) is 43.7 Å². The number of fused-ring (bicyclic) bond motifs is 4. The molecule has 3 atom stereocenters. The maximum atomic E-state index is 10.0. The number of likely N-dealkylation sites (tertiary alicyclic amines) is 1. The minimum Gasteiger partial charge on any atom is -0.508 e. The van der Waals surface area contributed by atoms with Gasteiger partial charge in [-0.15, -0.1) is 0 Å². The quantitative estimate of drug-likeness (QED) is 0.902. The Kier molecular flexibility index (Phi) is 3.77. The molecule has 0 spiro atoms. The van der Waals surface area contributed by atoms with Crippen LogP contribution in [0.4, 0.5) is 0 Å². The number of hydrogen-bond donors (Lipinski definition) is 2. The Hall–Kier alpha value is -1.06. The van der Waals surface area contributed by atoms with E-state index >= 15 is 0 Å². The van der Waals surface area contributed by atoms with E-state index in [1.807, 2.05) is 26.0 Å². The highest BCUT2D eigenvalue weighted by Gasteiger charge is 2.48. The Labute approximate surface area is 134 Å². The van der Waals surface area contributed by atoms with Gasteiger partial charge in [-0.1, -0.05) is 19.9 Å². The van der Waals surface area contributed by atoms with E-state index in [9.17, 15) is 10.2 Å². The summed E-state index contributed by atoms with van der Waals surface area (Å²) in [6.45, 7) is 10.5. The first-order valence-corrected chi connectivity index (χ1v) is 8.49. The van der Waals surface area contributed by atoms with Gasteiger partial charge in [0.1, 0.15) is 5.75 Å². The number of piperidine rings is 1. The van der Waals surface area contributed by atoms with Crippen LogP contribution in [0, 0.1) is 5.92 Å². The third kappa shape index (κ3) is 2.65. The highest BCUT2D eigenvalue weighted by atomic mass is 16.3. The molecule has 2 aliphatic rings. The smallest absolute Gasteiger partial charge is 0.115 e. The van der Waals surface area contributed by atoms with E-state index in [0.29, 0.717) is 17.7 Å². The SMILES string of the molecule is C[C@@H]1[C@H]2Cc3ccc(O)cc3[C@@]1(C)CCN2CCC(C)(C)O. The maximum Gasteiger partial charge on any atom is 0.115 e. The lowest BCUT2D eigenvalue weighted by atomic mass is 9.59. The number of nitrogens with zero attached hydrogens (tertiary/aromatic N) is 1. The summed E-state index contributed by atoms with van der Waals surface area (Å²) in [5.74, 6) is 0.951. The van der Waals surface area contributed by atoms with Crippen LogP contribution in [0.3, 0.4) is 0 Å². The van der Waals surface area contributed by atoms with Gasteiger partial charge in [0.2, 0.25) is 0 Å². The molecule has 2 N–H and O–H groups in total. The average molecular weight is 303 g/mol. The van der Waals surface area contributed by atoms with Crippen molar-refractivity contribution in [3.8, 4) is 5.75 Å². The van der Waals surface area contributed by atoms with Crippen LogP contribution in [-0.2, 0) is 11.8 Å². The molecule has 1 aliphatic heterocycles. The zero-order chi connectivity index (χ0) is 16.1. The normalized spacial score (nSPS) is 31.9. The number of hydrogen-bond acceptors (Lipinski definition) is 3. The van der Waals surface area contributed by atoms with Crippen LogP contribution in [-0.4, -0.2) is 39.8 Å². The summed E-state index contributed by atoms with van der Waals surface area (Å²) in [5, 5.41) is 19.9. The molecule has 1 heterocycles. The Balaban J connectivity index is 1.88. The molecule has 3 nitrogen and oxygen atoms in total. The number of benzene rings is 1. The fourth-order valence-corrected chi connectivity index (χ4v) is 4.39. The molecular weight excluding hydrogens is 274 g/mol. The van der Waals surface area contributed by atoms with Crippen molar-refractivity contribution in [3.63, 3.8) is 0 Å². The number of phenols is 1. The first-order valence-electron chi connectivity index (χ1n) is 8.49. The van der Waals surface area contributed by atoms with Gasteiger partial charge in [-0.3, -0.25) is 4.90 Å². The summed E-state index contributed by atoms with van der Waals surface area (Å²) in [4.78, 5) is 2.57. The van der Waals surface area contributed by atoms with E-state index < -0.39 is 5.60 Å². The van der Waals surface area contributed by atoms with Crippen LogP contribution in [0.15, 0.2) is 18.2 Å². The second-order valence-electron chi connectivity index (χ2n) is 8.17. The van der Waals surface area contributed by atoms with E-state index in [4.69, 9.17) is 0 Å². The van der Waals surface area contributed by atoms with E-state index in [1.165, 1.54) is 11.1 Å². The van der Waals surface area contributed by atoms with Crippen molar-refractivity contribution >= 4 is 0 Å². The number of rotatable bonds is 3. The van der Waals surface area contributed by atoms with Crippen molar-refractivity contribution in [2.75, 3.05) is 13.1 Å². The molecule has 1 saturated heterocycles. The van der Waals surface area contributed by atoms with Crippen LogP contribution in [0.2, 0.25) is 0 Å². The molecule has 1 fully saturated rings. The Morgan fingerprint density at radius 2 is 2.09 bits per heavy atom. The minimum absolute atomic E-state index is 0.155. The molecule has 0 saturated carbocycles. The van der Waals surface area contributed by atoms with Crippen molar-refractivity contribution in [2.24, 2.45) is 5.92 Å². The van der Waals surface area contributed by atoms with Gasteiger partial charge >= 0.3 is 0 Å². The second-order valence-corrected chi connectivity index (χ2v) is 8.17. The summed E-state index contributed by atoms with van der Waals surface area (Å²) >= 11 is 0. The fraction of sp³-hybridized carbons (Fsp3) is 0.684. The fourth-order valence-electron chi connectivity index (χ4n) is 4.39. The molecule has 0 amide bonds. The Morgan fingerprint density at radius 1 is 1.36 bits per heavy atom. The molecule has 0 unspecified atom stereocenters. The highest BCUT2D eigenvalue weighted by Crippen LogP contribution is 2.49. The lowest BCUT2D eigenvalue weighted by Crippen LogP contribution is -2.58. The molecule has 3 rings (SSSR count). The summed E-state index contributed by atoms with van der Waals surface area (Å²) < 4.78 is 0. The molecule has 0 aromatic heterocycles. The van der Waals surface area contributed by atoms with Crippen molar-refractivity contribution in [3.05, 3.63) is 29.3 Å². The van der Waals surface area contributed by atoms with Crippen molar-refractivity contribution in [1.82, 2.24) is 4.90 Å². The largest absolute Gasteiger partial charge is 0.508 e. The van der Waals surface area contributed by atoms with Gasteiger partial charge in [0.15, 0.2) is 0 Å². The monoisotopic (exact) mass is 303 g/mol. The Bertz CT molecular complexity index is 563. The molecular formula is C19H29NO2. The lowest BCUT2D eigenvalue weighted by Gasteiger charge is -2.55. The van der Waals surface area contributed by atoms with Crippen LogP contribution in [0.1, 0.15) is 51.7 Å². The van der Waals surface area contributed by atoms with Crippen molar-refractivity contribution in [2.45, 2.75) is 64.0 Å². The van der Waals surface area contributed by atoms with Gasteiger partial charge in [-0.2, -0.15) is 0 Å². The standard InChI is InChI=1S/C19H29NO2/c1-13-17-11-14-5-6-15(21)12-16(14)19(13,4)8-10-20(17)9-7-18(2,3)22/h5-6,12-13,17,21-22H,7-11H2,1-4H3/t13-,17-,19+/m1/s1. The van der Waals surface area contributed by atoms with Gasteiger partial charge in [0, 0.05) is 12.6 Å². The molecule has 122 valence electrons. The number of aromatic hydroxyl groups is 1. The molecule has 2 bridgehead atoms. The molecule has 1 aliphatic carbocycles. The maximum absolute atomic E-state index is 10.0. The van der Waals surface area contributed by atoms with Crippen molar-refractivity contribution in [1.29, 1.82) is 0 Å². The minimum atomic E-state index is -0.595. The third-order valence-electron chi connectivity index (χ3n) is 6.12.